The van der Waals surface area contributed by atoms with Gasteiger partial charge in [0.1, 0.15) is 0 Å². The minimum atomic E-state index is -1.37. The Bertz CT molecular complexity index is 535. The summed E-state index contributed by atoms with van der Waals surface area (Å²) in [6, 6.07) is 11.5. The first kappa shape index (κ1) is 13.6. The van der Waals surface area contributed by atoms with Crippen molar-refractivity contribution in [2.24, 2.45) is 5.41 Å². The second-order valence-corrected chi connectivity index (χ2v) is 5.02. The summed E-state index contributed by atoms with van der Waals surface area (Å²) < 4.78 is 4.83. The number of halogens is 1. The van der Waals surface area contributed by atoms with Crippen molar-refractivity contribution in [2.75, 3.05) is 7.11 Å². The normalized spacial score (nSPS) is 29.5. The van der Waals surface area contributed by atoms with Crippen LogP contribution >= 0.6 is 11.6 Å². The lowest BCUT2D eigenvalue weighted by Gasteiger charge is -2.37. The summed E-state index contributed by atoms with van der Waals surface area (Å²) in [5.74, 6) is -0.962. The Balaban J connectivity index is 2.56. The van der Waals surface area contributed by atoms with Crippen molar-refractivity contribution in [3.05, 3.63) is 48.0 Å². The van der Waals surface area contributed by atoms with Crippen molar-refractivity contribution in [1.29, 1.82) is 5.26 Å². The van der Waals surface area contributed by atoms with E-state index in [4.69, 9.17) is 16.3 Å². The highest BCUT2D eigenvalue weighted by Gasteiger charge is 2.53. The van der Waals surface area contributed by atoms with Crippen LogP contribution in [0.2, 0.25) is 0 Å². The number of ether oxygens (including phenoxy) is 1. The van der Waals surface area contributed by atoms with E-state index in [1.165, 1.54) is 7.11 Å². The fourth-order valence-electron chi connectivity index (χ4n) is 2.51. The molecule has 2 rings (SSSR count). The van der Waals surface area contributed by atoms with Crippen molar-refractivity contribution in [1.82, 2.24) is 0 Å². The van der Waals surface area contributed by atoms with E-state index in [1.54, 1.807) is 0 Å². The molecule has 0 N–H and O–H groups in total. The second kappa shape index (κ2) is 5.46. The van der Waals surface area contributed by atoms with Crippen LogP contribution in [0.15, 0.2) is 42.5 Å². The molecule has 0 heterocycles. The van der Waals surface area contributed by atoms with Crippen molar-refractivity contribution < 1.29 is 9.53 Å². The minimum Gasteiger partial charge on any atom is -0.468 e. The molecule has 1 aliphatic rings. The van der Waals surface area contributed by atoms with Crippen LogP contribution in [0.3, 0.4) is 0 Å². The molecule has 0 aliphatic heterocycles. The highest BCUT2D eigenvalue weighted by molar-refractivity contribution is 6.23. The van der Waals surface area contributed by atoms with E-state index in [9.17, 15) is 10.1 Å². The summed E-state index contributed by atoms with van der Waals surface area (Å²) in [5.41, 5.74) is -0.483. The van der Waals surface area contributed by atoms with Gasteiger partial charge in [-0.2, -0.15) is 5.26 Å². The summed E-state index contributed by atoms with van der Waals surface area (Å²) in [6.07, 6.45) is 4.26. The topological polar surface area (TPSA) is 50.1 Å². The first-order chi connectivity index (χ1) is 9.16. The highest BCUT2D eigenvalue weighted by Crippen LogP contribution is 2.47. The van der Waals surface area contributed by atoms with E-state index in [0.717, 1.165) is 5.56 Å². The number of methoxy groups -OCH3 is 1. The predicted molar refractivity (Wildman–Crippen MR) is 72.6 cm³/mol. The molecule has 1 aromatic rings. The maximum atomic E-state index is 12.2. The molecule has 19 heavy (non-hydrogen) atoms. The Hall–Kier alpha value is -1.79. The van der Waals surface area contributed by atoms with Gasteiger partial charge in [-0.05, 0) is 12.0 Å². The summed E-state index contributed by atoms with van der Waals surface area (Å²) in [7, 11) is 1.28. The number of nitriles is 1. The molecule has 1 unspecified atom stereocenters. The van der Waals surface area contributed by atoms with Gasteiger partial charge in [-0.25, -0.2) is 0 Å². The smallest absolute Gasteiger partial charge is 0.328 e. The predicted octanol–water partition coefficient (Wildman–Crippen LogP) is 3.02. The molecular weight excluding hydrogens is 262 g/mol. The van der Waals surface area contributed by atoms with Gasteiger partial charge >= 0.3 is 5.97 Å². The number of esters is 1. The molecule has 3 atom stereocenters. The molecule has 98 valence electrons. The van der Waals surface area contributed by atoms with Crippen LogP contribution in [0, 0.1) is 16.7 Å². The quantitative estimate of drug-likeness (QED) is 0.474. The van der Waals surface area contributed by atoms with Crippen LogP contribution in [0.1, 0.15) is 17.9 Å². The Morgan fingerprint density at radius 2 is 2.16 bits per heavy atom. The first-order valence-corrected chi connectivity index (χ1v) is 6.45. The number of carbonyl (C=O) groups excluding carboxylic acids is 1. The zero-order valence-electron chi connectivity index (χ0n) is 10.5. The van der Waals surface area contributed by atoms with E-state index in [0.29, 0.717) is 6.42 Å². The third-order valence-electron chi connectivity index (χ3n) is 3.52. The number of carbonyl (C=O) groups is 1. The van der Waals surface area contributed by atoms with Crippen LogP contribution in [0.5, 0.6) is 0 Å². The summed E-state index contributed by atoms with van der Waals surface area (Å²) in [4.78, 5) is 12.2. The van der Waals surface area contributed by atoms with Gasteiger partial charge < -0.3 is 4.74 Å². The third kappa shape index (κ3) is 2.13. The molecule has 0 bridgehead atoms. The lowest BCUT2D eigenvalue weighted by molar-refractivity contribution is -0.150. The van der Waals surface area contributed by atoms with Gasteiger partial charge in [0.25, 0.3) is 0 Å². The zero-order chi connectivity index (χ0) is 13.9. The molecule has 1 aliphatic carbocycles. The third-order valence-corrected chi connectivity index (χ3v) is 4.05. The molecule has 0 spiro atoms. The Kier molecular flexibility index (Phi) is 3.92. The molecule has 4 heteroatoms. The van der Waals surface area contributed by atoms with Crippen LogP contribution in [-0.2, 0) is 9.53 Å². The maximum absolute atomic E-state index is 12.2. The van der Waals surface area contributed by atoms with Crippen LogP contribution in [-0.4, -0.2) is 18.5 Å². The summed E-state index contributed by atoms with van der Waals surface area (Å²) >= 11 is 6.28. The molecule has 0 saturated carbocycles. The lowest BCUT2D eigenvalue weighted by atomic mass is 9.67. The van der Waals surface area contributed by atoms with Crippen LogP contribution in [0.4, 0.5) is 0 Å². The fourth-order valence-corrected chi connectivity index (χ4v) is 2.89. The molecule has 0 radical (unpaired) electrons. The van der Waals surface area contributed by atoms with Crippen molar-refractivity contribution >= 4 is 17.6 Å². The molecule has 1 aromatic carbocycles. The summed E-state index contributed by atoms with van der Waals surface area (Å²) in [6.45, 7) is 0. The SMILES string of the molecule is COC(=O)C1(C#N)[C@H](Cl)CC=C[C@H]1c1ccccc1. The molecule has 3 nitrogen and oxygen atoms in total. The minimum absolute atomic E-state index is 0.387. The number of hydrogen-bond donors (Lipinski definition) is 0. The first-order valence-electron chi connectivity index (χ1n) is 6.02. The second-order valence-electron chi connectivity index (χ2n) is 4.49. The average Bonchev–Trinajstić information content (AvgIpc) is 2.47. The summed E-state index contributed by atoms with van der Waals surface area (Å²) in [5, 5.41) is 8.98. The molecular formula is C15H14ClNO2. The molecule has 0 aromatic heterocycles. The molecule has 0 fully saturated rings. The van der Waals surface area contributed by atoms with Gasteiger partial charge in [0.05, 0.1) is 18.6 Å². The number of hydrogen-bond acceptors (Lipinski definition) is 3. The number of allylic oxidation sites excluding steroid dienone is 2. The molecule has 0 saturated heterocycles. The number of benzene rings is 1. The van der Waals surface area contributed by atoms with E-state index in [2.05, 4.69) is 6.07 Å². The Morgan fingerprint density at radius 3 is 2.74 bits per heavy atom. The van der Waals surface area contributed by atoms with Gasteiger partial charge in [-0.15, -0.1) is 11.6 Å². The molecule has 0 amide bonds. The largest absolute Gasteiger partial charge is 0.468 e. The number of nitrogens with zero attached hydrogens (tertiary/aromatic N) is 1. The maximum Gasteiger partial charge on any atom is 0.328 e. The van der Waals surface area contributed by atoms with E-state index < -0.39 is 16.8 Å². The highest BCUT2D eigenvalue weighted by atomic mass is 35.5. The Labute approximate surface area is 117 Å². The van der Waals surface area contributed by atoms with Gasteiger partial charge in [0.2, 0.25) is 0 Å². The van der Waals surface area contributed by atoms with Gasteiger partial charge in [0, 0.05) is 5.92 Å². The van der Waals surface area contributed by atoms with Crippen LogP contribution in [0.25, 0.3) is 0 Å². The van der Waals surface area contributed by atoms with Gasteiger partial charge in [-0.3, -0.25) is 4.79 Å². The monoisotopic (exact) mass is 275 g/mol. The van der Waals surface area contributed by atoms with E-state index in [-0.39, 0.29) is 5.92 Å². The number of rotatable bonds is 2. The number of alkyl halides is 1. The van der Waals surface area contributed by atoms with Crippen molar-refractivity contribution in [3.8, 4) is 6.07 Å². The van der Waals surface area contributed by atoms with E-state index >= 15 is 0 Å². The van der Waals surface area contributed by atoms with Crippen LogP contribution < -0.4 is 0 Å². The Morgan fingerprint density at radius 1 is 1.47 bits per heavy atom. The fraction of sp³-hybridized carbons (Fsp3) is 0.333. The lowest BCUT2D eigenvalue weighted by Crippen LogP contribution is -2.45. The standard InChI is InChI=1S/C15H14ClNO2/c1-19-14(18)15(10-17)12(8-5-9-13(15)16)11-6-3-2-4-7-11/h2-8,12-13H,9H2,1H3/t12-,13+,15?/m0/s1. The van der Waals surface area contributed by atoms with Crippen molar-refractivity contribution in [2.45, 2.75) is 17.7 Å². The van der Waals surface area contributed by atoms with Gasteiger partial charge in [0.15, 0.2) is 5.41 Å². The average molecular weight is 276 g/mol. The van der Waals surface area contributed by atoms with Gasteiger partial charge in [-0.1, -0.05) is 42.5 Å². The van der Waals surface area contributed by atoms with Crippen molar-refractivity contribution in [3.63, 3.8) is 0 Å². The zero-order valence-corrected chi connectivity index (χ0v) is 11.3. The van der Waals surface area contributed by atoms with E-state index in [1.807, 2.05) is 42.5 Å².